The van der Waals surface area contributed by atoms with Gasteiger partial charge in [0.2, 0.25) is 0 Å². The molecule has 0 bridgehead atoms. The van der Waals surface area contributed by atoms with Gasteiger partial charge in [0.1, 0.15) is 5.82 Å². The van der Waals surface area contributed by atoms with Crippen LogP contribution in [0.5, 0.6) is 0 Å². The molecule has 100 valence electrons. The SMILES string of the molecule is Cc1nc(Cc2c(Cl)cccc2Cl)ncc1C(C)O. The Morgan fingerprint density at radius 3 is 2.42 bits per heavy atom. The van der Waals surface area contributed by atoms with Gasteiger partial charge in [0, 0.05) is 33.9 Å². The van der Waals surface area contributed by atoms with E-state index in [1.165, 1.54) is 0 Å². The molecule has 1 aromatic carbocycles. The molecule has 2 aromatic rings. The van der Waals surface area contributed by atoms with Crippen LogP contribution in [0, 0.1) is 6.92 Å². The Bertz CT molecular complexity index is 580. The average Bonchev–Trinajstić information content (AvgIpc) is 2.33. The van der Waals surface area contributed by atoms with Gasteiger partial charge in [0.05, 0.1) is 6.10 Å². The standard InChI is InChI=1S/C14H14Cl2N2O/c1-8-11(9(2)19)7-17-14(18-8)6-10-12(15)4-3-5-13(10)16/h3-5,7,9,19H,6H2,1-2H3. The lowest BCUT2D eigenvalue weighted by Crippen LogP contribution is -2.04. The van der Waals surface area contributed by atoms with E-state index in [0.717, 1.165) is 16.8 Å². The second-order valence-corrected chi connectivity index (χ2v) is 5.19. The molecule has 0 saturated carbocycles. The molecule has 1 unspecified atom stereocenters. The van der Waals surface area contributed by atoms with Crippen LogP contribution in [0.2, 0.25) is 10.0 Å². The average molecular weight is 297 g/mol. The van der Waals surface area contributed by atoms with E-state index in [0.29, 0.717) is 22.3 Å². The number of hydrogen-bond acceptors (Lipinski definition) is 3. The molecule has 0 amide bonds. The quantitative estimate of drug-likeness (QED) is 0.938. The Kier molecular flexibility index (Phi) is 4.40. The normalized spacial score (nSPS) is 12.5. The van der Waals surface area contributed by atoms with Gasteiger partial charge in [0.15, 0.2) is 0 Å². The van der Waals surface area contributed by atoms with Crippen molar-refractivity contribution in [2.24, 2.45) is 0 Å². The number of halogens is 2. The summed E-state index contributed by atoms with van der Waals surface area (Å²) in [5.41, 5.74) is 2.31. The van der Waals surface area contributed by atoms with Gasteiger partial charge in [-0.2, -0.15) is 0 Å². The van der Waals surface area contributed by atoms with Gasteiger partial charge in [-0.3, -0.25) is 0 Å². The summed E-state index contributed by atoms with van der Waals surface area (Å²) in [6.45, 7) is 3.54. The Morgan fingerprint density at radius 2 is 1.89 bits per heavy atom. The Labute approximate surface area is 122 Å². The molecule has 1 heterocycles. The van der Waals surface area contributed by atoms with Crippen molar-refractivity contribution in [2.45, 2.75) is 26.4 Å². The lowest BCUT2D eigenvalue weighted by atomic mass is 10.1. The Morgan fingerprint density at radius 1 is 1.26 bits per heavy atom. The van der Waals surface area contributed by atoms with Crippen molar-refractivity contribution >= 4 is 23.2 Å². The summed E-state index contributed by atoms with van der Waals surface area (Å²) in [5.74, 6) is 0.636. The molecule has 1 atom stereocenters. The molecule has 5 heteroatoms. The highest BCUT2D eigenvalue weighted by Crippen LogP contribution is 2.26. The highest BCUT2D eigenvalue weighted by molar-refractivity contribution is 6.36. The summed E-state index contributed by atoms with van der Waals surface area (Å²) >= 11 is 12.2. The molecule has 0 aliphatic heterocycles. The molecule has 0 aliphatic carbocycles. The fraction of sp³-hybridized carbons (Fsp3) is 0.286. The maximum absolute atomic E-state index is 9.55. The maximum Gasteiger partial charge on any atom is 0.133 e. The van der Waals surface area contributed by atoms with E-state index >= 15 is 0 Å². The van der Waals surface area contributed by atoms with Crippen molar-refractivity contribution in [1.82, 2.24) is 9.97 Å². The van der Waals surface area contributed by atoms with Gasteiger partial charge in [0.25, 0.3) is 0 Å². The minimum atomic E-state index is -0.571. The van der Waals surface area contributed by atoms with E-state index in [9.17, 15) is 5.11 Å². The summed E-state index contributed by atoms with van der Waals surface area (Å²) in [6.07, 6.45) is 1.55. The van der Waals surface area contributed by atoms with Crippen LogP contribution in [0.15, 0.2) is 24.4 Å². The highest BCUT2D eigenvalue weighted by Gasteiger charge is 2.11. The number of rotatable bonds is 3. The van der Waals surface area contributed by atoms with Crippen LogP contribution in [-0.2, 0) is 6.42 Å². The van der Waals surface area contributed by atoms with Crippen LogP contribution in [-0.4, -0.2) is 15.1 Å². The number of nitrogens with zero attached hydrogens (tertiary/aromatic N) is 2. The van der Waals surface area contributed by atoms with Gasteiger partial charge in [-0.1, -0.05) is 29.3 Å². The van der Waals surface area contributed by atoms with Crippen molar-refractivity contribution in [3.63, 3.8) is 0 Å². The first-order valence-electron chi connectivity index (χ1n) is 5.92. The number of aromatic nitrogens is 2. The zero-order valence-corrected chi connectivity index (χ0v) is 12.2. The molecular formula is C14H14Cl2N2O. The maximum atomic E-state index is 9.55. The lowest BCUT2D eigenvalue weighted by Gasteiger charge is -2.10. The summed E-state index contributed by atoms with van der Waals surface area (Å²) in [6, 6.07) is 5.39. The molecule has 0 radical (unpaired) electrons. The Hall–Kier alpha value is -1.16. The minimum absolute atomic E-state index is 0.472. The van der Waals surface area contributed by atoms with E-state index in [4.69, 9.17) is 23.2 Å². The summed E-state index contributed by atoms with van der Waals surface area (Å²) in [7, 11) is 0. The van der Waals surface area contributed by atoms with Gasteiger partial charge in [-0.15, -0.1) is 0 Å². The monoisotopic (exact) mass is 296 g/mol. The third kappa shape index (κ3) is 3.24. The largest absolute Gasteiger partial charge is 0.389 e. The van der Waals surface area contributed by atoms with E-state index in [-0.39, 0.29) is 0 Å². The van der Waals surface area contributed by atoms with Crippen LogP contribution >= 0.6 is 23.2 Å². The number of aliphatic hydroxyl groups is 1. The third-order valence-electron chi connectivity index (χ3n) is 2.91. The first kappa shape index (κ1) is 14.3. The fourth-order valence-corrected chi connectivity index (χ4v) is 2.41. The van der Waals surface area contributed by atoms with Crippen LogP contribution < -0.4 is 0 Å². The molecular weight excluding hydrogens is 283 g/mol. The molecule has 3 nitrogen and oxygen atoms in total. The molecule has 0 saturated heterocycles. The highest BCUT2D eigenvalue weighted by atomic mass is 35.5. The van der Waals surface area contributed by atoms with Crippen molar-refractivity contribution in [3.8, 4) is 0 Å². The fourth-order valence-electron chi connectivity index (χ4n) is 1.88. The van der Waals surface area contributed by atoms with Gasteiger partial charge in [-0.05, 0) is 31.5 Å². The summed E-state index contributed by atoms with van der Waals surface area (Å²) in [4.78, 5) is 8.63. The first-order chi connectivity index (χ1) is 8.99. The Balaban J connectivity index is 2.32. The summed E-state index contributed by atoms with van der Waals surface area (Å²) < 4.78 is 0. The van der Waals surface area contributed by atoms with Gasteiger partial charge < -0.3 is 5.11 Å². The molecule has 2 rings (SSSR count). The van der Waals surface area contributed by atoms with Crippen molar-refractivity contribution < 1.29 is 5.11 Å². The predicted molar refractivity (Wildman–Crippen MR) is 76.7 cm³/mol. The van der Waals surface area contributed by atoms with E-state index in [1.807, 2.05) is 6.92 Å². The van der Waals surface area contributed by atoms with Crippen LogP contribution in [0.3, 0.4) is 0 Å². The predicted octanol–water partition coefficient (Wildman–Crippen LogP) is 3.74. The van der Waals surface area contributed by atoms with Crippen LogP contribution in [0.4, 0.5) is 0 Å². The summed E-state index contributed by atoms with van der Waals surface area (Å²) in [5, 5.41) is 10.8. The van der Waals surface area contributed by atoms with E-state index in [1.54, 1.807) is 31.3 Å². The lowest BCUT2D eigenvalue weighted by molar-refractivity contribution is 0.197. The van der Waals surface area contributed by atoms with Crippen molar-refractivity contribution in [2.75, 3.05) is 0 Å². The number of aliphatic hydroxyl groups excluding tert-OH is 1. The number of hydrogen-bond donors (Lipinski definition) is 1. The minimum Gasteiger partial charge on any atom is -0.389 e. The molecule has 0 fully saturated rings. The molecule has 1 aromatic heterocycles. The zero-order chi connectivity index (χ0) is 14.0. The molecule has 19 heavy (non-hydrogen) atoms. The van der Waals surface area contributed by atoms with Crippen molar-refractivity contribution in [1.29, 1.82) is 0 Å². The number of benzene rings is 1. The molecule has 0 spiro atoms. The first-order valence-corrected chi connectivity index (χ1v) is 6.68. The zero-order valence-electron chi connectivity index (χ0n) is 10.7. The van der Waals surface area contributed by atoms with E-state index in [2.05, 4.69) is 9.97 Å². The topological polar surface area (TPSA) is 46.0 Å². The van der Waals surface area contributed by atoms with Crippen LogP contribution in [0.1, 0.15) is 35.7 Å². The van der Waals surface area contributed by atoms with Crippen molar-refractivity contribution in [3.05, 3.63) is 57.1 Å². The second kappa shape index (κ2) is 5.87. The van der Waals surface area contributed by atoms with Gasteiger partial charge in [-0.25, -0.2) is 9.97 Å². The smallest absolute Gasteiger partial charge is 0.133 e. The van der Waals surface area contributed by atoms with E-state index < -0.39 is 6.10 Å². The third-order valence-corrected chi connectivity index (χ3v) is 3.62. The number of aryl methyl sites for hydroxylation is 1. The van der Waals surface area contributed by atoms with Crippen LogP contribution in [0.25, 0.3) is 0 Å². The molecule has 1 N–H and O–H groups in total. The van der Waals surface area contributed by atoms with Gasteiger partial charge >= 0.3 is 0 Å². The second-order valence-electron chi connectivity index (χ2n) is 4.38. The molecule has 0 aliphatic rings.